The molecule has 3 N–H and O–H groups in total. The van der Waals surface area contributed by atoms with Gasteiger partial charge in [-0.25, -0.2) is 4.98 Å². The number of hydrogen-bond donors (Lipinski definition) is 3. The van der Waals surface area contributed by atoms with E-state index in [4.69, 9.17) is 0 Å². The molecule has 3 aromatic rings. The summed E-state index contributed by atoms with van der Waals surface area (Å²) < 4.78 is 1.63. The Kier molecular flexibility index (Phi) is 7.64. The molecule has 0 saturated carbocycles. The van der Waals surface area contributed by atoms with Crippen molar-refractivity contribution in [1.82, 2.24) is 14.9 Å². The Bertz CT molecular complexity index is 1000. The maximum atomic E-state index is 12.4. The van der Waals surface area contributed by atoms with Crippen molar-refractivity contribution in [1.29, 1.82) is 0 Å². The summed E-state index contributed by atoms with van der Waals surface area (Å²) in [6, 6.07) is 17.2. The zero-order valence-corrected chi connectivity index (χ0v) is 17.5. The second-order valence-corrected chi connectivity index (χ2v) is 7.63. The number of amides is 2. The minimum atomic E-state index is -0.241. The van der Waals surface area contributed by atoms with E-state index in [2.05, 4.69) is 15.6 Å². The van der Waals surface area contributed by atoms with E-state index >= 15 is 0 Å². The van der Waals surface area contributed by atoms with Crippen LogP contribution >= 0.6 is 11.8 Å². The van der Waals surface area contributed by atoms with Crippen LogP contribution in [0.15, 0.2) is 66.0 Å². The van der Waals surface area contributed by atoms with Crippen LogP contribution in [0.4, 0.5) is 5.69 Å². The average Bonchev–Trinajstić information content (AvgIpc) is 3.14. The van der Waals surface area contributed by atoms with Crippen LogP contribution in [0.5, 0.6) is 0 Å². The zero-order chi connectivity index (χ0) is 21.3. The van der Waals surface area contributed by atoms with Crippen molar-refractivity contribution in [2.24, 2.45) is 0 Å². The minimum absolute atomic E-state index is 0.0183. The van der Waals surface area contributed by atoms with Gasteiger partial charge in [0.2, 0.25) is 11.8 Å². The van der Waals surface area contributed by atoms with Gasteiger partial charge in [0.05, 0.1) is 24.3 Å². The third-order valence-corrected chi connectivity index (χ3v) is 5.44. The lowest BCUT2D eigenvalue weighted by atomic mass is 10.2. The van der Waals surface area contributed by atoms with Crippen LogP contribution in [0.1, 0.15) is 16.8 Å². The number of thioether (sulfide) groups is 1. The van der Waals surface area contributed by atoms with Crippen LogP contribution < -0.4 is 10.6 Å². The lowest BCUT2D eigenvalue weighted by Crippen LogP contribution is -2.28. The van der Waals surface area contributed by atoms with Gasteiger partial charge in [-0.2, -0.15) is 0 Å². The Morgan fingerprint density at radius 1 is 1.07 bits per heavy atom. The lowest BCUT2D eigenvalue weighted by molar-refractivity contribution is -0.122. The molecule has 0 atom stereocenters. The van der Waals surface area contributed by atoms with Crippen molar-refractivity contribution in [2.75, 3.05) is 11.1 Å². The number of carbonyl (C=O) groups is 2. The maximum absolute atomic E-state index is 12.4. The third kappa shape index (κ3) is 5.95. The Labute approximate surface area is 179 Å². The number of aromatic nitrogens is 2. The molecule has 0 saturated heterocycles. The molecular weight excluding hydrogens is 400 g/mol. The van der Waals surface area contributed by atoms with Crippen molar-refractivity contribution in [3.05, 3.63) is 77.6 Å². The highest BCUT2D eigenvalue weighted by atomic mass is 32.2. The predicted octanol–water partition coefficient (Wildman–Crippen LogP) is 2.73. The molecule has 2 amide bonds. The first-order chi connectivity index (χ1) is 14.6. The maximum Gasteiger partial charge on any atom is 0.240 e. The Balaban J connectivity index is 1.58. The fourth-order valence-corrected chi connectivity index (χ4v) is 3.63. The number of benzene rings is 2. The summed E-state index contributed by atoms with van der Waals surface area (Å²) in [6.07, 6.45) is 1.52. The average molecular weight is 425 g/mol. The quantitative estimate of drug-likeness (QED) is 0.459. The van der Waals surface area contributed by atoms with Gasteiger partial charge < -0.3 is 20.3 Å². The third-order valence-electron chi connectivity index (χ3n) is 4.45. The van der Waals surface area contributed by atoms with Crippen LogP contribution in [0.3, 0.4) is 0 Å². The molecule has 3 rings (SSSR count). The number of para-hydroxylation sites is 1. The van der Waals surface area contributed by atoms with Crippen LogP contribution in [0, 0.1) is 6.92 Å². The van der Waals surface area contributed by atoms with Gasteiger partial charge in [0, 0.05) is 12.2 Å². The van der Waals surface area contributed by atoms with E-state index in [1.165, 1.54) is 18.0 Å². The van der Waals surface area contributed by atoms with Gasteiger partial charge in [-0.15, -0.1) is 0 Å². The molecule has 30 heavy (non-hydrogen) atoms. The molecular formula is C22H24N4O3S. The van der Waals surface area contributed by atoms with Gasteiger partial charge in [-0.3, -0.25) is 9.59 Å². The number of anilines is 1. The summed E-state index contributed by atoms with van der Waals surface area (Å²) in [6.45, 7) is 2.13. The largest absolute Gasteiger partial charge is 0.390 e. The Morgan fingerprint density at radius 2 is 1.80 bits per heavy atom. The number of hydrogen-bond acceptors (Lipinski definition) is 5. The number of imidazole rings is 1. The molecule has 0 fully saturated rings. The molecule has 1 aromatic heterocycles. The monoisotopic (exact) mass is 424 g/mol. The molecule has 1 heterocycles. The summed E-state index contributed by atoms with van der Waals surface area (Å²) in [5, 5.41) is 15.8. The summed E-state index contributed by atoms with van der Waals surface area (Å²) in [4.78, 5) is 29.0. The van der Waals surface area contributed by atoms with E-state index in [-0.39, 0.29) is 30.7 Å². The van der Waals surface area contributed by atoms with Gasteiger partial charge in [0.1, 0.15) is 6.54 Å². The molecule has 2 aromatic carbocycles. The van der Waals surface area contributed by atoms with Crippen molar-refractivity contribution in [3.63, 3.8) is 0 Å². The molecule has 7 nitrogen and oxygen atoms in total. The summed E-state index contributed by atoms with van der Waals surface area (Å²) >= 11 is 1.22. The summed E-state index contributed by atoms with van der Waals surface area (Å²) in [7, 11) is 0. The summed E-state index contributed by atoms with van der Waals surface area (Å²) in [5.74, 6) is -0.220. The fraction of sp³-hybridized carbons (Fsp3) is 0.227. The highest BCUT2D eigenvalue weighted by molar-refractivity contribution is 7.99. The number of carbonyl (C=O) groups excluding carboxylic acids is 2. The number of nitrogens with zero attached hydrogens (tertiary/aromatic N) is 2. The first kappa shape index (κ1) is 21.6. The van der Waals surface area contributed by atoms with E-state index in [0.29, 0.717) is 17.4 Å². The standard InChI is InChI=1S/C22H24N4O3S/c1-16-7-5-6-10-19(16)25-21(29)15-30-22-24-12-18(14-27)26(22)13-20(28)23-11-17-8-3-2-4-9-17/h2-10,12,27H,11,13-15H2,1H3,(H,23,28)(H,25,29). The van der Waals surface area contributed by atoms with E-state index in [0.717, 1.165) is 16.8 Å². The van der Waals surface area contributed by atoms with Gasteiger partial charge in [-0.05, 0) is 24.1 Å². The Morgan fingerprint density at radius 3 is 2.53 bits per heavy atom. The molecule has 0 unspecified atom stereocenters. The Hall–Kier alpha value is -3.10. The molecule has 0 bridgehead atoms. The smallest absolute Gasteiger partial charge is 0.240 e. The van der Waals surface area contributed by atoms with Gasteiger partial charge in [0.25, 0.3) is 0 Å². The number of rotatable bonds is 9. The SMILES string of the molecule is Cc1ccccc1NC(=O)CSc1ncc(CO)n1CC(=O)NCc1ccccc1. The highest BCUT2D eigenvalue weighted by Gasteiger charge is 2.15. The van der Waals surface area contributed by atoms with Crippen molar-refractivity contribution < 1.29 is 14.7 Å². The zero-order valence-electron chi connectivity index (χ0n) is 16.7. The molecule has 0 spiro atoms. The lowest BCUT2D eigenvalue weighted by Gasteiger charge is -2.12. The van der Waals surface area contributed by atoms with Gasteiger partial charge in [-0.1, -0.05) is 60.3 Å². The first-order valence-electron chi connectivity index (χ1n) is 9.51. The number of aliphatic hydroxyl groups is 1. The molecule has 0 aliphatic heterocycles. The first-order valence-corrected chi connectivity index (χ1v) is 10.5. The molecule has 156 valence electrons. The normalized spacial score (nSPS) is 10.6. The number of aliphatic hydroxyl groups excluding tert-OH is 1. The highest BCUT2D eigenvalue weighted by Crippen LogP contribution is 2.20. The van der Waals surface area contributed by atoms with Gasteiger partial charge >= 0.3 is 0 Å². The molecule has 0 radical (unpaired) electrons. The fourth-order valence-electron chi connectivity index (χ4n) is 2.83. The topological polar surface area (TPSA) is 96.2 Å². The van der Waals surface area contributed by atoms with Gasteiger partial charge in [0.15, 0.2) is 5.16 Å². The van der Waals surface area contributed by atoms with Crippen molar-refractivity contribution in [3.8, 4) is 0 Å². The van der Waals surface area contributed by atoms with Crippen LogP contribution in [0.2, 0.25) is 0 Å². The van der Waals surface area contributed by atoms with Crippen LogP contribution in [-0.4, -0.2) is 32.2 Å². The van der Waals surface area contributed by atoms with E-state index < -0.39 is 0 Å². The van der Waals surface area contributed by atoms with E-state index in [1.54, 1.807) is 4.57 Å². The molecule has 0 aliphatic rings. The number of nitrogens with one attached hydrogen (secondary N) is 2. The van der Waals surface area contributed by atoms with Crippen molar-refractivity contribution >= 4 is 29.3 Å². The van der Waals surface area contributed by atoms with E-state index in [1.807, 2.05) is 61.5 Å². The minimum Gasteiger partial charge on any atom is -0.390 e. The number of aryl methyl sites for hydroxylation is 1. The molecule has 8 heteroatoms. The van der Waals surface area contributed by atoms with Crippen molar-refractivity contribution in [2.45, 2.75) is 31.8 Å². The predicted molar refractivity (Wildman–Crippen MR) is 117 cm³/mol. The summed E-state index contributed by atoms with van der Waals surface area (Å²) in [5.41, 5.74) is 3.27. The van der Waals surface area contributed by atoms with E-state index in [9.17, 15) is 14.7 Å². The second-order valence-electron chi connectivity index (χ2n) is 6.69. The van der Waals surface area contributed by atoms with Crippen LogP contribution in [-0.2, 0) is 29.3 Å². The molecule has 0 aliphatic carbocycles. The second kappa shape index (κ2) is 10.6. The van der Waals surface area contributed by atoms with Crippen LogP contribution in [0.25, 0.3) is 0 Å².